The van der Waals surface area contributed by atoms with E-state index in [0.717, 1.165) is 44.3 Å². The van der Waals surface area contributed by atoms with Gasteiger partial charge in [-0.25, -0.2) is 0 Å². The van der Waals surface area contributed by atoms with E-state index >= 15 is 0 Å². The maximum Gasteiger partial charge on any atom is 0.178 e. The highest BCUT2D eigenvalue weighted by atomic mass is 16.5. The summed E-state index contributed by atoms with van der Waals surface area (Å²) in [7, 11) is 1.80. The van der Waals surface area contributed by atoms with Gasteiger partial charge in [0.2, 0.25) is 0 Å². The van der Waals surface area contributed by atoms with Gasteiger partial charge in [0.15, 0.2) is 11.6 Å². The summed E-state index contributed by atoms with van der Waals surface area (Å²) in [4.78, 5) is 26.0. The number of nitriles is 1. The van der Waals surface area contributed by atoms with Crippen molar-refractivity contribution in [2.75, 3.05) is 13.7 Å². The standard InChI is InChI=1S/C36H59NO3/c1-13-15-31(3,4)17-19-34(9,21-22-40-12)20-18-32(5,6)36(11)16-14-28-33(7,8)30(39)27(25-37)24-35(28,10)29(36)23-26(2)38/h23-24,28H,13-22H2,1-12H3/b29-23-/t28-,34-,35-,36+/m0/s1. The van der Waals surface area contributed by atoms with E-state index in [2.05, 4.69) is 61.5 Å². The molecule has 4 heteroatoms. The third-order valence-electron chi connectivity index (χ3n) is 11.5. The van der Waals surface area contributed by atoms with Crippen molar-refractivity contribution in [2.24, 2.45) is 38.4 Å². The van der Waals surface area contributed by atoms with E-state index < -0.39 is 10.8 Å². The van der Waals surface area contributed by atoms with Crippen LogP contribution >= 0.6 is 0 Å². The van der Waals surface area contributed by atoms with Gasteiger partial charge in [-0.3, -0.25) is 9.59 Å². The number of hydrogen-bond donors (Lipinski definition) is 0. The van der Waals surface area contributed by atoms with E-state index in [-0.39, 0.29) is 39.3 Å². The molecule has 0 amide bonds. The number of methoxy groups -OCH3 is 1. The van der Waals surface area contributed by atoms with Gasteiger partial charge >= 0.3 is 0 Å². The number of fused-ring (bicyclic) bond motifs is 1. The molecule has 0 aliphatic heterocycles. The van der Waals surface area contributed by atoms with Gasteiger partial charge in [-0.15, -0.1) is 0 Å². The lowest BCUT2D eigenvalue weighted by Gasteiger charge is -2.61. The Morgan fingerprint density at radius 2 is 1.65 bits per heavy atom. The molecular weight excluding hydrogens is 494 g/mol. The number of rotatable bonds is 13. The summed E-state index contributed by atoms with van der Waals surface area (Å²) in [5, 5.41) is 9.91. The summed E-state index contributed by atoms with van der Waals surface area (Å²) >= 11 is 0. The van der Waals surface area contributed by atoms with Gasteiger partial charge in [-0.2, -0.15) is 5.26 Å². The number of carbonyl (C=O) groups is 2. The Balaban J connectivity index is 2.50. The lowest BCUT2D eigenvalue weighted by Crippen LogP contribution is -2.55. The van der Waals surface area contributed by atoms with E-state index in [1.165, 1.54) is 25.7 Å². The monoisotopic (exact) mass is 553 g/mol. The Bertz CT molecular complexity index is 1050. The molecule has 1 saturated carbocycles. The number of hydrogen-bond acceptors (Lipinski definition) is 4. The highest BCUT2D eigenvalue weighted by Crippen LogP contribution is 2.67. The molecule has 0 N–H and O–H groups in total. The number of ether oxygens (including phenoxy) is 1. The van der Waals surface area contributed by atoms with Crippen LogP contribution in [0.2, 0.25) is 0 Å². The average Bonchev–Trinajstić information content (AvgIpc) is 2.85. The van der Waals surface area contributed by atoms with Gasteiger partial charge in [-0.05, 0) is 91.9 Å². The van der Waals surface area contributed by atoms with Gasteiger partial charge in [-0.1, -0.05) is 87.3 Å². The van der Waals surface area contributed by atoms with Crippen molar-refractivity contribution in [1.82, 2.24) is 0 Å². The molecule has 0 radical (unpaired) electrons. The number of carbonyl (C=O) groups excluding carboxylic acids is 2. The summed E-state index contributed by atoms with van der Waals surface area (Å²) in [5.74, 6) is 0.0119. The first-order valence-electron chi connectivity index (χ1n) is 15.7. The minimum Gasteiger partial charge on any atom is -0.385 e. The molecule has 2 aliphatic rings. The van der Waals surface area contributed by atoms with Crippen LogP contribution in [0.4, 0.5) is 0 Å². The Morgan fingerprint density at radius 1 is 1.05 bits per heavy atom. The molecule has 0 heterocycles. The molecule has 0 aromatic carbocycles. The summed E-state index contributed by atoms with van der Waals surface area (Å²) in [6.07, 6.45) is 13.6. The minimum absolute atomic E-state index is 0.0311. The van der Waals surface area contributed by atoms with Crippen molar-refractivity contribution in [3.05, 3.63) is 23.3 Å². The normalized spacial score (nSPS) is 29.4. The summed E-state index contributed by atoms with van der Waals surface area (Å²) in [5.41, 5.74) is 0.329. The summed E-state index contributed by atoms with van der Waals surface area (Å²) in [6, 6.07) is 2.19. The summed E-state index contributed by atoms with van der Waals surface area (Å²) < 4.78 is 5.56. The fourth-order valence-electron chi connectivity index (χ4n) is 8.17. The first kappa shape index (κ1) is 34.5. The van der Waals surface area contributed by atoms with E-state index in [1.807, 2.05) is 26.0 Å². The number of ketones is 2. The molecule has 2 rings (SSSR count). The van der Waals surface area contributed by atoms with Crippen LogP contribution in [0.1, 0.15) is 134 Å². The van der Waals surface area contributed by atoms with E-state index in [0.29, 0.717) is 5.41 Å². The van der Waals surface area contributed by atoms with Crippen LogP contribution < -0.4 is 0 Å². The highest BCUT2D eigenvalue weighted by Gasteiger charge is 2.61. The van der Waals surface area contributed by atoms with Gasteiger partial charge in [0.1, 0.15) is 6.07 Å². The largest absolute Gasteiger partial charge is 0.385 e. The number of allylic oxidation sites excluding steroid dienone is 4. The SMILES string of the molecule is CCCC(C)(C)CC[C@](C)(CCOC)CCC(C)(C)[C@]1(C)CC[C@H]2C(C)(C)C(=O)C(C#N)=C[C@]2(C)/C1=C/C(C)=O. The van der Waals surface area contributed by atoms with Crippen molar-refractivity contribution in [3.63, 3.8) is 0 Å². The zero-order valence-corrected chi connectivity index (χ0v) is 28.0. The highest BCUT2D eigenvalue weighted by molar-refractivity contribution is 6.04. The van der Waals surface area contributed by atoms with Gasteiger partial charge in [0.25, 0.3) is 0 Å². The van der Waals surface area contributed by atoms with Gasteiger partial charge in [0.05, 0.1) is 5.57 Å². The molecule has 2 aliphatic carbocycles. The van der Waals surface area contributed by atoms with Crippen molar-refractivity contribution in [2.45, 2.75) is 134 Å². The second-order valence-corrected chi connectivity index (χ2v) is 15.9. The van der Waals surface area contributed by atoms with Crippen molar-refractivity contribution in [1.29, 1.82) is 5.26 Å². The second-order valence-electron chi connectivity index (χ2n) is 15.9. The van der Waals surface area contributed by atoms with Crippen molar-refractivity contribution < 1.29 is 14.3 Å². The maximum atomic E-state index is 13.2. The Labute approximate surface area is 246 Å². The quantitative estimate of drug-likeness (QED) is 0.213. The first-order valence-corrected chi connectivity index (χ1v) is 15.7. The number of Topliss-reactive ketones (excluding diaryl/α,β-unsaturated/α-hetero) is 1. The maximum absolute atomic E-state index is 13.2. The first-order chi connectivity index (χ1) is 18.2. The smallest absolute Gasteiger partial charge is 0.178 e. The predicted molar refractivity (Wildman–Crippen MR) is 166 cm³/mol. The lowest BCUT2D eigenvalue weighted by atomic mass is 9.42. The molecule has 0 spiro atoms. The molecule has 4 atom stereocenters. The molecule has 40 heavy (non-hydrogen) atoms. The molecular formula is C36H59NO3. The Morgan fingerprint density at radius 3 is 2.17 bits per heavy atom. The lowest BCUT2D eigenvalue weighted by molar-refractivity contribution is -0.131. The fraction of sp³-hybridized carbons (Fsp3) is 0.806. The van der Waals surface area contributed by atoms with Crippen LogP contribution in [-0.4, -0.2) is 25.3 Å². The summed E-state index contributed by atoms with van der Waals surface area (Å²) in [6.45, 7) is 25.1. The van der Waals surface area contributed by atoms with E-state index in [1.54, 1.807) is 14.0 Å². The molecule has 0 bridgehead atoms. The average molecular weight is 554 g/mol. The topological polar surface area (TPSA) is 67.2 Å². The van der Waals surface area contributed by atoms with Crippen LogP contribution in [0, 0.1) is 49.7 Å². The van der Waals surface area contributed by atoms with Crippen molar-refractivity contribution in [3.8, 4) is 6.07 Å². The van der Waals surface area contributed by atoms with Crippen molar-refractivity contribution >= 4 is 11.6 Å². The molecule has 0 aromatic heterocycles. The minimum atomic E-state index is -0.653. The Hall–Kier alpha value is -1.73. The van der Waals surface area contributed by atoms with Crippen LogP contribution in [-0.2, 0) is 14.3 Å². The third-order valence-corrected chi connectivity index (χ3v) is 11.5. The fourth-order valence-corrected chi connectivity index (χ4v) is 8.17. The van der Waals surface area contributed by atoms with Crippen LogP contribution in [0.15, 0.2) is 23.3 Å². The molecule has 4 nitrogen and oxygen atoms in total. The van der Waals surface area contributed by atoms with Crippen LogP contribution in [0.25, 0.3) is 0 Å². The molecule has 1 fully saturated rings. The predicted octanol–water partition coefficient (Wildman–Crippen LogP) is 9.44. The second kappa shape index (κ2) is 12.2. The molecule has 0 unspecified atom stereocenters. The van der Waals surface area contributed by atoms with Crippen LogP contribution in [0.3, 0.4) is 0 Å². The van der Waals surface area contributed by atoms with E-state index in [4.69, 9.17) is 4.74 Å². The van der Waals surface area contributed by atoms with Crippen LogP contribution in [0.5, 0.6) is 0 Å². The molecule has 0 aromatic rings. The third kappa shape index (κ3) is 6.83. The zero-order valence-electron chi connectivity index (χ0n) is 28.0. The van der Waals surface area contributed by atoms with E-state index in [9.17, 15) is 14.9 Å². The molecule has 226 valence electrons. The Kier molecular flexibility index (Phi) is 10.6. The zero-order chi connectivity index (χ0) is 30.8. The van der Waals surface area contributed by atoms with Gasteiger partial charge < -0.3 is 4.74 Å². The molecule has 0 saturated heterocycles. The van der Waals surface area contributed by atoms with Gasteiger partial charge in [0, 0.05) is 24.5 Å². The number of nitrogens with zero attached hydrogens (tertiary/aromatic N) is 1.